The van der Waals surface area contributed by atoms with Crippen molar-refractivity contribution in [3.05, 3.63) is 105 Å². The highest BCUT2D eigenvalue weighted by Crippen LogP contribution is 2.54. The normalized spacial score (nSPS) is 22.6. The topological polar surface area (TPSA) is 213 Å². The maximum atomic E-state index is 15.5. The second-order valence-corrected chi connectivity index (χ2v) is 23.4. The van der Waals surface area contributed by atoms with E-state index in [1.807, 2.05) is 48.5 Å². The lowest BCUT2D eigenvalue weighted by Crippen LogP contribution is -2.59. The molecule has 3 aromatic carbocycles. The zero-order valence-corrected chi connectivity index (χ0v) is 42.3. The van der Waals surface area contributed by atoms with Gasteiger partial charge in [0, 0.05) is 48.8 Å². The molecule has 5 aromatic rings. The van der Waals surface area contributed by atoms with Gasteiger partial charge in [-0.15, -0.1) is 11.3 Å². The van der Waals surface area contributed by atoms with Crippen molar-refractivity contribution in [2.45, 2.75) is 96.0 Å². The number of halogens is 2. The van der Waals surface area contributed by atoms with Crippen molar-refractivity contribution in [1.82, 2.24) is 34.5 Å². The van der Waals surface area contributed by atoms with Gasteiger partial charge in [0.25, 0.3) is 5.91 Å². The Kier molecular flexibility index (Phi) is 14.5. The molecule has 4 aliphatic rings. The number of amides is 5. The Labute approximate surface area is 418 Å². The molecule has 9 rings (SSSR count). The number of hydrogen-bond acceptors (Lipinski definition) is 10. The Morgan fingerprint density at radius 2 is 1.68 bits per heavy atom. The van der Waals surface area contributed by atoms with Gasteiger partial charge in [-0.3, -0.25) is 47.9 Å². The number of aryl methyl sites for hydroxylation is 1. The van der Waals surface area contributed by atoms with Crippen LogP contribution in [0.1, 0.15) is 104 Å². The molecule has 5 amide bonds. The van der Waals surface area contributed by atoms with Crippen LogP contribution >= 0.6 is 18.9 Å². The second kappa shape index (κ2) is 20.3. The van der Waals surface area contributed by atoms with E-state index < -0.39 is 66.2 Å². The van der Waals surface area contributed by atoms with Crippen molar-refractivity contribution >= 4 is 69.6 Å². The van der Waals surface area contributed by atoms with E-state index in [0.717, 1.165) is 54.5 Å². The van der Waals surface area contributed by atoms with Crippen molar-refractivity contribution in [3.63, 3.8) is 0 Å². The van der Waals surface area contributed by atoms with Gasteiger partial charge in [0.2, 0.25) is 29.5 Å². The first-order valence-corrected chi connectivity index (χ1v) is 26.9. The third-order valence-corrected chi connectivity index (χ3v) is 16.8. The quantitative estimate of drug-likeness (QED) is 0.0831. The van der Waals surface area contributed by atoms with Crippen LogP contribution in [0.2, 0.25) is 0 Å². The Bertz CT molecular complexity index is 3030. The number of thiophene rings is 1. The van der Waals surface area contributed by atoms with E-state index in [4.69, 9.17) is 4.74 Å². The largest absolute Gasteiger partial charge is 0.370 e. The van der Waals surface area contributed by atoms with E-state index in [2.05, 4.69) is 15.5 Å². The Balaban J connectivity index is 0.914. The molecular weight excluding hydrogens is 972 g/mol. The summed E-state index contributed by atoms with van der Waals surface area (Å²) in [5, 5.41) is 5.04. The molecule has 0 radical (unpaired) electrons. The fourth-order valence-corrected chi connectivity index (χ4v) is 12.5. The number of rotatable bonds is 12. The van der Waals surface area contributed by atoms with Crippen LogP contribution in [0.3, 0.4) is 0 Å². The van der Waals surface area contributed by atoms with Crippen LogP contribution in [-0.4, -0.2) is 115 Å². The van der Waals surface area contributed by atoms with Gasteiger partial charge in [0.1, 0.15) is 30.0 Å². The zero-order valence-electron chi connectivity index (χ0n) is 40.6. The molecule has 0 spiro atoms. The summed E-state index contributed by atoms with van der Waals surface area (Å²) in [6.07, 6.45) is 3.03. The summed E-state index contributed by atoms with van der Waals surface area (Å²) >= 11 is 0.890. The van der Waals surface area contributed by atoms with Crippen LogP contribution in [0.15, 0.2) is 71.5 Å². The molecule has 384 valence electrons. The minimum atomic E-state index is -5.32. The van der Waals surface area contributed by atoms with Crippen molar-refractivity contribution in [2.75, 3.05) is 39.3 Å². The lowest BCUT2D eigenvalue weighted by atomic mass is 9.82. The summed E-state index contributed by atoms with van der Waals surface area (Å²) in [5.41, 5.74) is 1.26. The average Bonchev–Trinajstić information content (AvgIpc) is 4.05. The molecule has 0 bridgehead atoms. The minimum absolute atomic E-state index is 0.00302. The van der Waals surface area contributed by atoms with Crippen LogP contribution in [-0.2, 0) is 42.1 Å². The number of hydrogen-bond donors (Lipinski definition) is 4. The fraction of sp³-hybridized carbons (Fsp3) is 0.490. The maximum absolute atomic E-state index is 15.5. The van der Waals surface area contributed by atoms with Gasteiger partial charge in [-0.2, -0.15) is 0 Å². The zero-order chi connectivity index (χ0) is 51.4. The number of nitrogens with one attached hydrogen (secondary N) is 2. The van der Waals surface area contributed by atoms with Gasteiger partial charge in [-0.1, -0.05) is 63.2 Å². The number of alkyl halides is 1. The third kappa shape index (κ3) is 10.3. The van der Waals surface area contributed by atoms with Gasteiger partial charge < -0.3 is 29.6 Å². The number of ether oxygens (including phenoxy) is 1. The molecule has 2 aromatic heterocycles. The predicted octanol–water partition coefficient (Wildman–Crippen LogP) is 6.08. The average molecular weight is 1030 g/mol. The van der Waals surface area contributed by atoms with E-state index in [1.165, 1.54) is 21.3 Å². The number of carbonyl (C=O) groups excluding carboxylic acids is 5. The molecule has 0 aliphatic carbocycles. The summed E-state index contributed by atoms with van der Waals surface area (Å²) in [6, 6.07) is 16.2. The van der Waals surface area contributed by atoms with Crippen molar-refractivity contribution in [2.24, 2.45) is 24.3 Å². The number of piperidine rings is 2. The first kappa shape index (κ1) is 51.3. The molecule has 4 saturated heterocycles. The Morgan fingerprint density at radius 1 is 0.944 bits per heavy atom. The summed E-state index contributed by atoms with van der Waals surface area (Å²) in [7, 11) is -3.64. The number of aromatic nitrogens is 2. The second-order valence-electron chi connectivity index (χ2n) is 20.7. The smallest absolute Gasteiger partial charge is 0.364 e. The van der Waals surface area contributed by atoms with Gasteiger partial charge in [-0.05, 0) is 97.8 Å². The van der Waals surface area contributed by atoms with Crippen LogP contribution in [0.5, 0.6) is 0 Å². The minimum Gasteiger partial charge on any atom is -0.370 e. The van der Waals surface area contributed by atoms with Crippen LogP contribution in [0.4, 0.5) is 8.78 Å². The van der Waals surface area contributed by atoms with Crippen LogP contribution in [0.25, 0.3) is 21.1 Å². The molecule has 4 N–H and O–H groups in total. The van der Waals surface area contributed by atoms with Gasteiger partial charge in [0.05, 0.1) is 29.1 Å². The molecule has 21 heteroatoms. The van der Waals surface area contributed by atoms with E-state index in [9.17, 15) is 37.9 Å². The van der Waals surface area contributed by atoms with Crippen LogP contribution in [0, 0.1) is 23.1 Å². The number of morpholine rings is 1. The van der Waals surface area contributed by atoms with Gasteiger partial charge in [0.15, 0.2) is 0 Å². The number of likely N-dealkylation sites (tertiary alicyclic amines) is 2. The number of imidazole rings is 1. The molecule has 6 atom stereocenters. The number of fused-ring (bicyclic) bond motifs is 2. The highest BCUT2D eigenvalue weighted by atomic mass is 32.1. The Morgan fingerprint density at radius 3 is 2.38 bits per heavy atom. The predicted molar refractivity (Wildman–Crippen MR) is 265 cm³/mol. The lowest BCUT2D eigenvalue weighted by Gasteiger charge is -2.40. The first-order chi connectivity index (χ1) is 34.2. The van der Waals surface area contributed by atoms with Crippen molar-refractivity contribution in [1.29, 1.82) is 0 Å². The molecule has 4 fully saturated rings. The number of imide groups is 1. The summed E-state index contributed by atoms with van der Waals surface area (Å²) in [5.74, 6) is -6.15. The summed E-state index contributed by atoms with van der Waals surface area (Å²) in [6.45, 7) is 8.86. The standard InChI is InChI=1S/C51H60F2N7O10PS/c1-51(2,3)44(55-47(63)40-26-34-39(72-40)14-11-33(42(34)52)45(53)71(67,68)69)49(65)59-21-18-32(43(59)48(64)58-22-23-70-38(28-58)31-8-6-5-7-9-31)24-29-16-19-57(20-17-29)27-30-10-12-35-37(25-30)56(4)50(66)60(35)36-13-15-41(61)54-46(36)62/h5-12,14,25-26,29,32,36,38,43-45H,13,15-24,27-28H2,1-4H3,(H,55,63)(H,54,61,62)(H2,67,68,69)/t32-,36?,38-,43-,44+,45+/m0/s1. The molecule has 1 unspecified atom stereocenters. The van der Waals surface area contributed by atoms with Gasteiger partial charge >= 0.3 is 13.3 Å². The Hall–Kier alpha value is -5.63. The highest BCUT2D eigenvalue weighted by Gasteiger charge is 2.49. The first-order valence-electron chi connectivity index (χ1n) is 24.4. The SMILES string of the molecule is Cn1c(=O)n(C2CCC(=O)NC2=O)c2ccc(CN3CCC(C[C@@H]4CCN(C(=O)[C@@H](NC(=O)c5cc6c(F)c([C@H](F)P(=O)(O)O)ccc6s5)C(C)(C)C)[C@@H]4C(=O)N4CCO[C@H](c5ccccc5)C4)CC3)cc21. The third-order valence-electron chi connectivity index (χ3n) is 14.9. The molecular formula is C51H60F2N7O10PS. The monoisotopic (exact) mass is 1030 g/mol. The van der Waals surface area contributed by atoms with E-state index in [0.29, 0.717) is 50.1 Å². The number of carbonyl (C=O) groups is 5. The lowest BCUT2D eigenvalue weighted by molar-refractivity contribution is -0.152. The molecule has 4 aliphatic heterocycles. The van der Waals surface area contributed by atoms with Crippen molar-refractivity contribution in [3.8, 4) is 0 Å². The molecule has 6 heterocycles. The number of nitrogens with zero attached hydrogens (tertiary/aromatic N) is 5. The van der Waals surface area contributed by atoms with Crippen molar-refractivity contribution < 1.29 is 51.8 Å². The highest BCUT2D eigenvalue weighted by molar-refractivity contribution is 7.51. The van der Waals surface area contributed by atoms with E-state index in [-0.39, 0.29) is 69.8 Å². The molecule has 0 saturated carbocycles. The summed E-state index contributed by atoms with van der Waals surface area (Å²) < 4.78 is 51.2. The van der Waals surface area contributed by atoms with Gasteiger partial charge in [-0.25, -0.2) is 13.6 Å². The van der Waals surface area contributed by atoms with E-state index >= 15 is 14.0 Å². The molecule has 17 nitrogen and oxygen atoms in total. The fourth-order valence-electron chi connectivity index (χ4n) is 11.0. The number of benzene rings is 3. The molecule has 72 heavy (non-hydrogen) atoms. The van der Waals surface area contributed by atoms with E-state index in [1.54, 1.807) is 37.6 Å². The summed E-state index contributed by atoms with van der Waals surface area (Å²) in [4.78, 5) is 107. The maximum Gasteiger partial charge on any atom is 0.364 e. The van der Waals surface area contributed by atoms with Crippen LogP contribution < -0.4 is 16.3 Å².